The summed E-state index contributed by atoms with van der Waals surface area (Å²) >= 11 is 7.21. The van der Waals surface area contributed by atoms with Crippen molar-refractivity contribution in [2.24, 2.45) is 0 Å². The van der Waals surface area contributed by atoms with Gasteiger partial charge in [0.25, 0.3) is 11.5 Å². The van der Waals surface area contributed by atoms with Gasteiger partial charge in [-0.1, -0.05) is 60.1 Å². The molecule has 3 aromatic carbocycles. The van der Waals surface area contributed by atoms with Gasteiger partial charge in [0.2, 0.25) is 0 Å². The Kier molecular flexibility index (Phi) is 7.87. The molecule has 43 heavy (non-hydrogen) atoms. The van der Waals surface area contributed by atoms with E-state index < -0.39 is 5.91 Å². The smallest absolute Gasteiger partial charge is 0.273 e. The Morgan fingerprint density at radius 2 is 1.67 bits per heavy atom. The van der Waals surface area contributed by atoms with Crippen molar-refractivity contribution < 1.29 is 9.21 Å². The van der Waals surface area contributed by atoms with Crippen molar-refractivity contribution in [3.63, 3.8) is 0 Å². The minimum atomic E-state index is -0.616. The summed E-state index contributed by atoms with van der Waals surface area (Å²) in [7, 11) is 0. The van der Waals surface area contributed by atoms with E-state index in [1.165, 1.54) is 10.8 Å². The SMILES string of the molecule is N#CC(C(=O)NCc1ccco1)=c1sc(=Cc2cn(-c3ccccc3)nc2-c2ccc(Cl)cc2)c(=O)n1-c1ccccc1. The molecule has 0 radical (unpaired) electrons. The van der Waals surface area contributed by atoms with Crippen LogP contribution in [0.1, 0.15) is 11.3 Å². The Morgan fingerprint density at radius 1 is 0.977 bits per heavy atom. The number of hydrogen-bond acceptors (Lipinski definition) is 6. The molecule has 0 saturated carbocycles. The number of nitrogens with zero attached hydrogens (tertiary/aromatic N) is 4. The highest BCUT2D eigenvalue weighted by atomic mass is 35.5. The van der Waals surface area contributed by atoms with Gasteiger partial charge in [-0.25, -0.2) is 4.68 Å². The number of para-hydroxylation sites is 2. The molecule has 1 amide bonds. The highest BCUT2D eigenvalue weighted by Crippen LogP contribution is 2.26. The minimum Gasteiger partial charge on any atom is -0.467 e. The van der Waals surface area contributed by atoms with Crippen molar-refractivity contribution in [1.82, 2.24) is 19.7 Å². The summed E-state index contributed by atoms with van der Waals surface area (Å²) in [6.45, 7) is 0.0973. The fourth-order valence-electron chi connectivity index (χ4n) is 4.51. The molecule has 0 fully saturated rings. The normalized spacial score (nSPS) is 12.1. The summed E-state index contributed by atoms with van der Waals surface area (Å²) in [5.41, 5.74) is 2.95. The minimum absolute atomic E-state index is 0.0973. The molecule has 0 atom stereocenters. The number of carbonyl (C=O) groups excluding carboxylic acids is 1. The highest BCUT2D eigenvalue weighted by Gasteiger charge is 2.18. The quantitative estimate of drug-likeness (QED) is 0.282. The van der Waals surface area contributed by atoms with E-state index in [2.05, 4.69) is 5.32 Å². The third kappa shape index (κ3) is 5.83. The van der Waals surface area contributed by atoms with Gasteiger partial charge >= 0.3 is 0 Å². The molecular weight excluding hydrogens is 582 g/mol. The van der Waals surface area contributed by atoms with Crippen LogP contribution in [-0.2, 0) is 11.3 Å². The van der Waals surface area contributed by atoms with Gasteiger partial charge in [0.15, 0.2) is 5.57 Å². The number of nitrogens with one attached hydrogen (secondary N) is 1. The predicted octanol–water partition coefficient (Wildman–Crippen LogP) is 4.82. The van der Waals surface area contributed by atoms with E-state index in [-0.39, 0.29) is 22.3 Å². The molecule has 6 rings (SSSR count). The van der Waals surface area contributed by atoms with E-state index in [0.717, 1.165) is 22.6 Å². The Labute approximate surface area is 254 Å². The highest BCUT2D eigenvalue weighted by molar-refractivity contribution is 7.07. The number of rotatable bonds is 7. The first-order chi connectivity index (χ1) is 21.0. The molecule has 6 aromatic rings. The summed E-state index contributed by atoms with van der Waals surface area (Å²) in [4.78, 5) is 27.2. The van der Waals surface area contributed by atoms with Crippen LogP contribution in [0.5, 0.6) is 0 Å². The van der Waals surface area contributed by atoms with E-state index >= 15 is 0 Å². The Hall–Kier alpha value is -5.43. The zero-order valence-electron chi connectivity index (χ0n) is 22.5. The van der Waals surface area contributed by atoms with Gasteiger partial charge in [-0.2, -0.15) is 10.4 Å². The predicted molar refractivity (Wildman–Crippen MR) is 166 cm³/mol. The molecule has 1 N–H and O–H groups in total. The lowest BCUT2D eigenvalue weighted by Gasteiger charge is -2.04. The van der Waals surface area contributed by atoms with Crippen molar-refractivity contribution in [2.45, 2.75) is 6.54 Å². The number of nitriles is 1. The third-order valence-corrected chi connectivity index (χ3v) is 7.91. The van der Waals surface area contributed by atoms with Crippen molar-refractivity contribution in [3.8, 4) is 28.7 Å². The molecule has 3 aromatic heterocycles. The zero-order valence-corrected chi connectivity index (χ0v) is 24.0. The number of thiazole rings is 1. The molecule has 0 aliphatic carbocycles. The molecule has 210 valence electrons. The number of halogens is 1. The van der Waals surface area contributed by atoms with Gasteiger partial charge in [-0.05, 0) is 54.6 Å². The van der Waals surface area contributed by atoms with Gasteiger partial charge in [-0.3, -0.25) is 14.2 Å². The summed E-state index contributed by atoms with van der Waals surface area (Å²) in [6.07, 6.45) is 5.08. The average Bonchev–Trinajstić information content (AvgIpc) is 3.78. The van der Waals surface area contributed by atoms with Crippen LogP contribution < -0.4 is 20.1 Å². The van der Waals surface area contributed by atoms with Crippen LogP contribution in [0.4, 0.5) is 0 Å². The molecule has 0 aliphatic rings. The Morgan fingerprint density at radius 3 is 2.33 bits per heavy atom. The van der Waals surface area contributed by atoms with E-state index in [9.17, 15) is 14.9 Å². The second kappa shape index (κ2) is 12.2. The first-order valence-electron chi connectivity index (χ1n) is 13.2. The summed E-state index contributed by atoms with van der Waals surface area (Å²) < 4.78 is 8.97. The molecule has 10 heteroatoms. The monoisotopic (exact) mass is 603 g/mol. The number of furan rings is 1. The van der Waals surface area contributed by atoms with Crippen LogP contribution in [0.15, 0.2) is 119 Å². The first-order valence-corrected chi connectivity index (χ1v) is 14.4. The van der Waals surface area contributed by atoms with Crippen LogP contribution in [0, 0.1) is 11.3 Å². The van der Waals surface area contributed by atoms with Gasteiger partial charge in [0.05, 0.1) is 28.7 Å². The number of aromatic nitrogens is 3. The van der Waals surface area contributed by atoms with Crippen LogP contribution >= 0.6 is 22.9 Å². The molecule has 0 bridgehead atoms. The van der Waals surface area contributed by atoms with Gasteiger partial charge < -0.3 is 9.73 Å². The largest absolute Gasteiger partial charge is 0.467 e. The second-order valence-electron chi connectivity index (χ2n) is 9.36. The fourth-order valence-corrected chi connectivity index (χ4v) is 5.72. The lowest BCUT2D eigenvalue weighted by atomic mass is 10.1. The summed E-state index contributed by atoms with van der Waals surface area (Å²) in [5.74, 6) is -0.0772. The molecule has 0 spiro atoms. The summed E-state index contributed by atoms with van der Waals surface area (Å²) in [5, 5.41) is 18.2. The fraction of sp³-hybridized carbons (Fsp3) is 0.0303. The molecule has 0 unspecified atom stereocenters. The zero-order chi connectivity index (χ0) is 29.8. The molecule has 3 heterocycles. The lowest BCUT2D eigenvalue weighted by molar-refractivity contribution is -0.115. The van der Waals surface area contributed by atoms with Crippen molar-refractivity contribution in [1.29, 1.82) is 5.26 Å². The van der Waals surface area contributed by atoms with E-state index in [4.69, 9.17) is 21.1 Å². The third-order valence-electron chi connectivity index (χ3n) is 6.56. The van der Waals surface area contributed by atoms with Crippen molar-refractivity contribution in [2.75, 3.05) is 0 Å². The van der Waals surface area contributed by atoms with Crippen molar-refractivity contribution >= 4 is 40.5 Å². The van der Waals surface area contributed by atoms with Crippen LogP contribution in [0.25, 0.3) is 34.3 Å². The topological polar surface area (TPSA) is 106 Å². The number of carbonyl (C=O) groups is 1. The van der Waals surface area contributed by atoms with Gasteiger partial charge in [0, 0.05) is 22.3 Å². The van der Waals surface area contributed by atoms with E-state index in [1.54, 1.807) is 59.3 Å². The number of amides is 1. The molecule has 8 nitrogen and oxygen atoms in total. The van der Waals surface area contributed by atoms with E-state index in [1.807, 2.05) is 60.8 Å². The van der Waals surface area contributed by atoms with Crippen LogP contribution in [-0.4, -0.2) is 20.3 Å². The second-order valence-corrected chi connectivity index (χ2v) is 10.8. The lowest BCUT2D eigenvalue weighted by Crippen LogP contribution is -2.33. The Bertz CT molecular complexity index is 2120. The Balaban J connectivity index is 1.56. The van der Waals surface area contributed by atoms with Crippen LogP contribution in [0.2, 0.25) is 5.02 Å². The average molecular weight is 604 g/mol. The maximum absolute atomic E-state index is 14.0. The maximum atomic E-state index is 14.0. The van der Waals surface area contributed by atoms with Crippen LogP contribution in [0.3, 0.4) is 0 Å². The first kappa shape index (κ1) is 27.7. The summed E-state index contributed by atoms with van der Waals surface area (Å²) in [6, 6.07) is 31.3. The maximum Gasteiger partial charge on any atom is 0.273 e. The molecule has 0 aliphatic heterocycles. The molecular formula is C33H22ClN5O3S. The van der Waals surface area contributed by atoms with E-state index in [0.29, 0.717) is 32.3 Å². The van der Waals surface area contributed by atoms with Gasteiger partial charge in [-0.15, -0.1) is 11.3 Å². The number of hydrogen-bond donors (Lipinski definition) is 1. The standard InChI is InChI=1S/C33H22ClN5O3S/c34-24-15-13-22(14-16-24)30-23(21-38(37-30)25-8-3-1-4-9-25)18-29-32(41)39(26-10-5-2-6-11-26)33(43-29)28(19-35)31(40)36-20-27-12-7-17-42-27/h1-18,21H,20H2,(H,36,40). The van der Waals surface area contributed by atoms with Gasteiger partial charge in [0.1, 0.15) is 22.2 Å². The van der Waals surface area contributed by atoms with Crippen molar-refractivity contribution in [3.05, 3.63) is 145 Å². The molecule has 0 saturated heterocycles. The number of benzene rings is 3.